The van der Waals surface area contributed by atoms with E-state index < -0.39 is 4.92 Å². The van der Waals surface area contributed by atoms with Crippen molar-refractivity contribution in [2.45, 2.75) is 25.9 Å². The molecule has 0 aromatic heterocycles. The number of carbonyl (C=O) groups excluding carboxylic acids is 1. The van der Waals surface area contributed by atoms with Crippen LogP contribution < -0.4 is 10.6 Å². The highest BCUT2D eigenvalue weighted by Gasteiger charge is 2.27. The average Bonchev–Trinajstić information content (AvgIpc) is 2.38. The molecule has 2 N–H and O–H groups in total. The topological polar surface area (TPSA) is 84.3 Å². The van der Waals surface area contributed by atoms with Gasteiger partial charge in [-0.25, -0.2) is 0 Å². The number of hydrogen-bond acceptors (Lipinski definition) is 4. The zero-order chi connectivity index (χ0) is 13.8. The van der Waals surface area contributed by atoms with Crippen LogP contribution in [0.25, 0.3) is 0 Å². The molecule has 1 aliphatic rings. The quantitative estimate of drug-likeness (QED) is 0.631. The number of hydrogen-bond donors (Lipinski definition) is 2. The number of nitrogens with zero attached hydrogens (tertiary/aromatic N) is 1. The van der Waals surface area contributed by atoms with E-state index in [1.165, 1.54) is 12.1 Å². The molecule has 6 nitrogen and oxygen atoms in total. The van der Waals surface area contributed by atoms with Crippen molar-refractivity contribution >= 4 is 11.6 Å². The highest BCUT2D eigenvalue weighted by molar-refractivity contribution is 5.82. The summed E-state index contributed by atoms with van der Waals surface area (Å²) < 4.78 is 0. The summed E-state index contributed by atoms with van der Waals surface area (Å²) >= 11 is 0. The molecule has 1 amide bonds. The monoisotopic (exact) mass is 263 g/mol. The first-order chi connectivity index (χ1) is 9.08. The predicted molar refractivity (Wildman–Crippen MR) is 70.5 cm³/mol. The second kappa shape index (κ2) is 5.79. The highest BCUT2D eigenvalue weighted by atomic mass is 16.6. The highest BCUT2D eigenvalue weighted by Crippen LogP contribution is 2.15. The lowest BCUT2D eigenvalue weighted by molar-refractivity contribution is -0.384. The number of carbonyl (C=O) groups is 1. The van der Waals surface area contributed by atoms with Crippen LogP contribution in [0.4, 0.5) is 5.69 Å². The molecular weight excluding hydrogens is 246 g/mol. The lowest BCUT2D eigenvalue weighted by Gasteiger charge is -2.29. The summed E-state index contributed by atoms with van der Waals surface area (Å²) in [5, 5.41) is 16.6. The number of nitro groups is 1. The maximum atomic E-state index is 11.7. The van der Waals surface area contributed by atoms with Crippen molar-refractivity contribution in [3.8, 4) is 0 Å². The molecule has 2 atom stereocenters. The van der Waals surface area contributed by atoms with Gasteiger partial charge in [-0.2, -0.15) is 0 Å². The number of amides is 1. The summed E-state index contributed by atoms with van der Waals surface area (Å²) in [6.45, 7) is 3.31. The van der Waals surface area contributed by atoms with Gasteiger partial charge in [0, 0.05) is 25.2 Å². The summed E-state index contributed by atoms with van der Waals surface area (Å²) in [7, 11) is 0. The van der Waals surface area contributed by atoms with Gasteiger partial charge in [-0.05, 0) is 17.9 Å². The molecule has 2 rings (SSSR count). The zero-order valence-corrected chi connectivity index (χ0v) is 10.8. The molecule has 1 heterocycles. The van der Waals surface area contributed by atoms with Crippen molar-refractivity contribution in [2.75, 3.05) is 6.54 Å². The Balaban J connectivity index is 1.94. The fraction of sp³-hybridized carbons (Fsp3) is 0.462. The van der Waals surface area contributed by atoms with Gasteiger partial charge in [0.15, 0.2) is 0 Å². The van der Waals surface area contributed by atoms with Gasteiger partial charge in [0.2, 0.25) is 5.91 Å². The first-order valence-electron chi connectivity index (χ1n) is 6.32. The molecule has 1 aromatic rings. The molecule has 1 aromatic carbocycles. The molecule has 0 saturated carbocycles. The molecule has 6 heteroatoms. The smallest absolute Gasteiger partial charge is 0.269 e. The normalized spacial score (nSPS) is 22.9. The van der Waals surface area contributed by atoms with Crippen LogP contribution in [0.15, 0.2) is 24.3 Å². The van der Waals surface area contributed by atoms with E-state index in [1.807, 2.05) is 6.92 Å². The van der Waals surface area contributed by atoms with Gasteiger partial charge in [0.25, 0.3) is 5.69 Å². The first-order valence-corrected chi connectivity index (χ1v) is 6.32. The van der Waals surface area contributed by atoms with E-state index in [4.69, 9.17) is 0 Å². The fourth-order valence-electron chi connectivity index (χ4n) is 2.22. The summed E-state index contributed by atoms with van der Waals surface area (Å²) in [4.78, 5) is 21.8. The minimum absolute atomic E-state index is 0.0284. The van der Waals surface area contributed by atoms with Crippen LogP contribution >= 0.6 is 0 Å². The average molecular weight is 263 g/mol. The Labute approximate surface area is 111 Å². The van der Waals surface area contributed by atoms with E-state index in [0.717, 1.165) is 18.5 Å². The lowest BCUT2D eigenvalue weighted by Crippen LogP contribution is -2.52. The zero-order valence-electron chi connectivity index (χ0n) is 10.8. The molecule has 102 valence electrons. The van der Waals surface area contributed by atoms with Crippen LogP contribution in [0.5, 0.6) is 0 Å². The molecule has 0 unspecified atom stereocenters. The number of piperidine rings is 1. The Bertz CT molecular complexity index is 473. The maximum absolute atomic E-state index is 11.7. The van der Waals surface area contributed by atoms with Crippen LogP contribution in [0.1, 0.15) is 18.9 Å². The second-order valence-corrected chi connectivity index (χ2v) is 4.84. The third-order valence-electron chi connectivity index (χ3n) is 3.42. The van der Waals surface area contributed by atoms with Gasteiger partial charge in [0.05, 0.1) is 11.0 Å². The molecule has 1 fully saturated rings. The standard InChI is InChI=1S/C13H17N3O3/c1-9-6-7-14-13(17)12(9)15-8-10-2-4-11(5-3-10)16(18)19/h2-5,9,12,15H,6-8H2,1H3,(H,14,17)/t9-,12-/m1/s1. The van der Waals surface area contributed by atoms with E-state index in [-0.39, 0.29) is 17.6 Å². The van der Waals surface area contributed by atoms with E-state index in [2.05, 4.69) is 10.6 Å². The molecule has 0 aliphatic carbocycles. The second-order valence-electron chi connectivity index (χ2n) is 4.84. The van der Waals surface area contributed by atoms with Crippen molar-refractivity contribution in [1.29, 1.82) is 0 Å². The van der Waals surface area contributed by atoms with Gasteiger partial charge in [-0.3, -0.25) is 14.9 Å². The molecule has 0 bridgehead atoms. The Morgan fingerprint density at radius 1 is 1.42 bits per heavy atom. The van der Waals surface area contributed by atoms with E-state index in [0.29, 0.717) is 12.5 Å². The minimum Gasteiger partial charge on any atom is -0.355 e. The summed E-state index contributed by atoms with van der Waals surface area (Å²) in [5.41, 5.74) is 1.00. The summed E-state index contributed by atoms with van der Waals surface area (Å²) in [6, 6.07) is 6.17. The Morgan fingerprint density at radius 2 is 2.11 bits per heavy atom. The van der Waals surface area contributed by atoms with E-state index in [1.54, 1.807) is 12.1 Å². The number of rotatable bonds is 4. The SMILES string of the molecule is C[C@@H]1CCNC(=O)[C@@H]1NCc1ccc([N+](=O)[O-])cc1. The lowest BCUT2D eigenvalue weighted by atomic mass is 9.94. The number of nitrogens with one attached hydrogen (secondary N) is 2. The number of nitro benzene ring substituents is 1. The van der Waals surface area contributed by atoms with Crippen molar-refractivity contribution in [3.63, 3.8) is 0 Å². The van der Waals surface area contributed by atoms with E-state index in [9.17, 15) is 14.9 Å². The number of non-ortho nitro benzene ring substituents is 1. The summed E-state index contributed by atoms with van der Waals surface area (Å²) in [6.07, 6.45) is 0.962. The van der Waals surface area contributed by atoms with Gasteiger partial charge in [-0.15, -0.1) is 0 Å². The Kier molecular flexibility index (Phi) is 4.11. The molecular formula is C13H17N3O3. The summed E-state index contributed by atoms with van der Waals surface area (Å²) in [5.74, 6) is 0.326. The van der Waals surface area contributed by atoms with Crippen molar-refractivity contribution in [1.82, 2.24) is 10.6 Å². The van der Waals surface area contributed by atoms with Gasteiger partial charge in [-0.1, -0.05) is 19.1 Å². The molecule has 1 saturated heterocycles. The van der Waals surface area contributed by atoms with Crippen molar-refractivity contribution < 1.29 is 9.72 Å². The van der Waals surface area contributed by atoms with Crippen LogP contribution in [0.3, 0.4) is 0 Å². The Morgan fingerprint density at radius 3 is 2.68 bits per heavy atom. The maximum Gasteiger partial charge on any atom is 0.269 e. The predicted octanol–water partition coefficient (Wildman–Crippen LogP) is 1.21. The fourth-order valence-corrected chi connectivity index (χ4v) is 2.22. The van der Waals surface area contributed by atoms with Gasteiger partial charge in [0.1, 0.15) is 0 Å². The van der Waals surface area contributed by atoms with Gasteiger partial charge < -0.3 is 10.6 Å². The van der Waals surface area contributed by atoms with Crippen LogP contribution in [0, 0.1) is 16.0 Å². The molecule has 1 aliphatic heterocycles. The molecule has 0 radical (unpaired) electrons. The minimum atomic E-state index is -0.423. The molecule has 0 spiro atoms. The number of benzene rings is 1. The third-order valence-corrected chi connectivity index (χ3v) is 3.42. The largest absolute Gasteiger partial charge is 0.355 e. The van der Waals surface area contributed by atoms with Crippen molar-refractivity contribution in [3.05, 3.63) is 39.9 Å². The first kappa shape index (κ1) is 13.5. The van der Waals surface area contributed by atoms with Crippen LogP contribution in [-0.4, -0.2) is 23.4 Å². The van der Waals surface area contributed by atoms with Crippen molar-refractivity contribution in [2.24, 2.45) is 5.92 Å². The van der Waals surface area contributed by atoms with Crippen LogP contribution in [0.2, 0.25) is 0 Å². The van der Waals surface area contributed by atoms with E-state index >= 15 is 0 Å². The van der Waals surface area contributed by atoms with Crippen LogP contribution in [-0.2, 0) is 11.3 Å². The Hall–Kier alpha value is -1.95. The van der Waals surface area contributed by atoms with Gasteiger partial charge >= 0.3 is 0 Å². The third kappa shape index (κ3) is 3.29. The molecule has 19 heavy (non-hydrogen) atoms.